The molecular formula is C18H20ClN5O2. The van der Waals surface area contributed by atoms with Crippen LogP contribution in [0.3, 0.4) is 0 Å². The van der Waals surface area contributed by atoms with E-state index in [1.54, 1.807) is 0 Å². The molecule has 1 aromatic carbocycles. The van der Waals surface area contributed by atoms with Crippen molar-refractivity contribution in [3.63, 3.8) is 0 Å². The molecule has 2 aromatic heterocycles. The predicted molar refractivity (Wildman–Crippen MR) is 98.4 cm³/mol. The summed E-state index contributed by atoms with van der Waals surface area (Å²) in [5.74, 6) is 0.532. The Morgan fingerprint density at radius 2 is 2.15 bits per heavy atom. The van der Waals surface area contributed by atoms with Gasteiger partial charge in [0.1, 0.15) is 0 Å². The zero-order valence-corrected chi connectivity index (χ0v) is 15.5. The second kappa shape index (κ2) is 7.09. The van der Waals surface area contributed by atoms with Crippen LogP contribution >= 0.6 is 11.6 Å². The van der Waals surface area contributed by atoms with Crippen LogP contribution in [0.25, 0.3) is 11.4 Å². The van der Waals surface area contributed by atoms with E-state index in [-0.39, 0.29) is 6.10 Å². The van der Waals surface area contributed by atoms with E-state index < -0.39 is 0 Å². The third kappa shape index (κ3) is 3.59. The van der Waals surface area contributed by atoms with Gasteiger partial charge >= 0.3 is 6.01 Å². The van der Waals surface area contributed by atoms with Gasteiger partial charge in [0.25, 0.3) is 0 Å². The number of benzene rings is 1. The first-order valence-electron chi connectivity index (χ1n) is 8.56. The van der Waals surface area contributed by atoms with Crippen LogP contribution in [0.2, 0.25) is 5.02 Å². The zero-order valence-electron chi connectivity index (χ0n) is 14.7. The van der Waals surface area contributed by atoms with Gasteiger partial charge in [-0.2, -0.15) is 10.1 Å². The summed E-state index contributed by atoms with van der Waals surface area (Å²) in [4.78, 5) is 6.58. The van der Waals surface area contributed by atoms with Gasteiger partial charge < -0.3 is 14.2 Å². The van der Waals surface area contributed by atoms with Crippen molar-refractivity contribution in [1.29, 1.82) is 0 Å². The first kappa shape index (κ1) is 17.1. The lowest BCUT2D eigenvalue weighted by atomic mass is 10.2. The molecule has 1 unspecified atom stereocenters. The fourth-order valence-corrected chi connectivity index (χ4v) is 3.34. The highest BCUT2D eigenvalue weighted by Crippen LogP contribution is 2.24. The Labute approximate surface area is 156 Å². The van der Waals surface area contributed by atoms with E-state index >= 15 is 0 Å². The van der Waals surface area contributed by atoms with Gasteiger partial charge in [-0.3, -0.25) is 4.68 Å². The summed E-state index contributed by atoms with van der Waals surface area (Å²) in [7, 11) is 0. The average molecular weight is 374 g/mol. The molecule has 1 fully saturated rings. The molecule has 7 nitrogen and oxygen atoms in total. The fourth-order valence-electron chi connectivity index (χ4n) is 3.14. The van der Waals surface area contributed by atoms with Crippen LogP contribution in [0, 0.1) is 13.8 Å². The van der Waals surface area contributed by atoms with Gasteiger partial charge in [0, 0.05) is 22.8 Å². The molecule has 3 heterocycles. The summed E-state index contributed by atoms with van der Waals surface area (Å²) in [6.45, 7) is 6.74. The molecular weight excluding hydrogens is 354 g/mol. The van der Waals surface area contributed by atoms with Crippen molar-refractivity contribution in [3.05, 3.63) is 46.7 Å². The average Bonchev–Trinajstić information content (AvgIpc) is 3.22. The standard InChI is InChI=1S/C18H20ClN5O2/c1-12-8-13(2)24(21-12)11-16-10-23(6-7-25-16)18-20-17(22-26-18)14-4-3-5-15(19)9-14/h3-5,8-9,16H,6-7,10-11H2,1-2H3. The van der Waals surface area contributed by atoms with Crippen LogP contribution < -0.4 is 4.90 Å². The van der Waals surface area contributed by atoms with Crippen molar-refractivity contribution in [2.24, 2.45) is 0 Å². The Balaban J connectivity index is 1.47. The third-order valence-corrected chi connectivity index (χ3v) is 4.62. The maximum atomic E-state index is 6.04. The molecule has 0 bridgehead atoms. The highest BCUT2D eigenvalue weighted by Gasteiger charge is 2.25. The molecule has 0 N–H and O–H groups in total. The zero-order chi connectivity index (χ0) is 18.1. The first-order chi connectivity index (χ1) is 12.6. The molecule has 8 heteroatoms. The summed E-state index contributed by atoms with van der Waals surface area (Å²) in [5, 5.41) is 9.24. The van der Waals surface area contributed by atoms with E-state index in [9.17, 15) is 0 Å². The molecule has 0 aliphatic carbocycles. The van der Waals surface area contributed by atoms with Crippen molar-refractivity contribution in [3.8, 4) is 11.4 Å². The number of anilines is 1. The van der Waals surface area contributed by atoms with E-state index in [1.807, 2.05) is 35.9 Å². The Morgan fingerprint density at radius 3 is 2.92 bits per heavy atom. The third-order valence-electron chi connectivity index (χ3n) is 4.39. The Kier molecular flexibility index (Phi) is 4.65. The second-order valence-corrected chi connectivity index (χ2v) is 6.90. The summed E-state index contributed by atoms with van der Waals surface area (Å²) in [6, 6.07) is 9.98. The number of nitrogens with zero attached hydrogens (tertiary/aromatic N) is 5. The van der Waals surface area contributed by atoms with Crippen LogP contribution in [0.5, 0.6) is 0 Å². The summed E-state index contributed by atoms with van der Waals surface area (Å²) in [5.41, 5.74) is 2.97. The number of halogens is 1. The molecule has 0 saturated carbocycles. The van der Waals surface area contributed by atoms with Crippen molar-refractivity contribution < 1.29 is 9.26 Å². The van der Waals surface area contributed by atoms with Gasteiger partial charge in [-0.25, -0.2) is 0 Å². The van der Waals surface area contributed by atoms with Crippen LogP contribution in [0.15, 0.2) is 34.9 Å². The van der Waals surface area contributed by atoms with Gasteiger partial charge in [0.05, 0.1) is 31.5 Å². The van der Waals surface area contributed by atoms with E-state index in [2.05, 4.69) is 33.1 Å². The minimum Gasteiger partial charge on any atom is -0.373 e. The summed E-state index contributed by atoms with van der Waals surface area (Å²) in [6.07, 6.45) is 0.0169. The number of aryl methyl sites for hydroxylation is 2. The lowest BCUT2D eigenvalue weighted by molar-refractivity contribution is 0.0251. The van der Waals surface area contributed by atoms with Crippen LogP contribution in [-0.2, 0) is 11.3 Å². The lowest BCUT2D eigenvalue weighted by Crippen LogP contribution is -2.44. The van der Waals surface area contributed by atoms with Crippen LogP contribution in [0.4, 0.5) is 6.01 Å². The summed E-state index contributed by atoms with van der Waals surface area (Å²) < 4.78 is 13.3. The van der Waals surface area contributed by atoms with E-state index in [4.69, 9.17) is 20.9 Å². The minimum absolute atomic E-state index is 0.0169. The fraction of sp³-hybridized carbons (Fsp3) is 0.389. The van der Waals surface area contributed by atoms with E-state index in [0.717, 1.165) is 17.0 Å². The normalized spacial score (nSPS) is 17.7. The van der Waals surface area contributed by atoms with Gasteiger partial charge in [-0.05, 0) is 32.0 Å². The molecule has 1 saturated heterocycles. The monoisotopic (exact) mass is 373 g/mol. The van der Waals surface area contributed by atoms with Gasteiger partial charge in [-0.1, -0.05) is 28.9 Å². The van der Waals surface area contributed by atoms with Crippen molar-refractivity contribution in [2.45, 2.75) is 26.5 Å². The molecule has 0 radical (unpaired) electrons. The molecule has 1 aliphatic heterocycles. The Bertz CT molecular complexity index is 907. The summed E-state index contributed by atoms with van der Waals surface area (Å²) >= 11 is 6.04. The molecule has 136 valence electrons. The Hall–Kier alpha value is -2.38. The second-order valence-electron chi connectivity index (χ2n) is 6.46. The molecule has 26 heavy (non-hydrogen) atoms. The smallest absolute Gasteiger partial charge is 0.324 e. The molecule has 3 aromatic rings. The number of aromatic nitrogens is 4. The molecule has 0 amide bonds. The molecule has 1 atom stereocenters. The molecule has 1 aliphatic rings. The number of morpholine rings is 1. The topological polar surface area (TPSA) is 69.2 Å². The van der Waals surface area contributed by atoms with Gasteiger partial charge in [0.2, 0.25) is 5.82 Å². The number of hydrogen-bond acceptors (Lipinski definition) is 6. The first-order valence-corrected chi connectivity index (χ1v) is 8.93. The predicted octanol–water partition coefficient (Wildman–Crippen LogP) is 3.11. The van der Waals surface area contributed by atoms with Crippen molar-refractivity contribution >= 4 is 17.6 Å². The van der Waals surface area contributed by atoms with Crippen LogP contribution in [-0.4, -0.2) is 45.7 Å². The van der Waals surface area contributed by atoms with Crippen molar-refractivity contribution in [2.75, 3.05) is 24.6 Å². The lowest BCUT2D eigenvalue weighted by Gasteiger charge is -2.31. The van der Waals surface area contributed by atoms with E-state index in [0.29, 0.717) is 43.1 Å². The highest BCUT2D eigenvalue weighted by molar-refractivity contribution is 6.30. The quantitative estimate of drug-likeness (QED) is 0.700. The number of rotatable bonds is 4. The molecule has 0 spiro atoms. The Morgan fingerprint density at radius 1 is 1.27 bits per heavy atom. The molecule has 4 rings (SSSR count). The number of hydrogen-bond donors (Lipinski definition) is 0. The minimum atomic E-state index is 0.0169. The highest BCUT2D eigenvalue weighted by atomic mass is 35.5. The van der Waals surface area contributed by atoms with Crippen molar-refractivity contribution in [1.82, 2.24) is 19.9 Å². The van der Waals surface area contributed by atoms with Crippen LogP contribution in [0.1, 0.15) is 11.4 Å². The van der Waals surface area contributed by atoms with E-state index in [1.165, 1.54) is 0 Å². The largest absolute Gasteiger partial charge is 0.373 e. The number of ether oxygens (including phenoxy) is 1. The maximum absolute atomic E-state index is 6.04. The SMILES string of the molecule is Cc1cc(C)n(CC2CN(c3nc(-c4cccc(Cl)c4)no3)CCO2)n1. The van der Waals surface area contributed by atoms with Gasteiger partial charge in [0.15, 0.2) is 0 Å². The maximum Gasteiger partial charge on any atom is 0.324 e. The van der Waals surface area contributed by atoms with Gasteiger partial charge in [-0.15, -0.1) is 0 Å².